The lowest BCUT2D eigenvalue weighted by Crippen LogP contribution is -2.46. The predicted octanol–water partition coefficient (Wildman–Crippen LogP) is 1.75. The average molecular weight is 325 g/mol. The largest absolute Gasteiger partial charge is 0.333 e. The first-order valence-electron chi connectivity index (χ1n) is 5.49. The molecule has 5 N–H and O–H groups in total. The summed E-state index contributed by atoms with van der Waals surface area (Å²) in [4.78, 5) is 11.6. The summed E-state index contributed by atoms with van der Waals surface area (Å²) in [6.45, 7) is 1.33. The van der Waals surface area contributed by atoms with Crippen LogP contribution in [0.2, 0.25) is 15.1 Å². The summed E-state index contributed by atoms with van der Waals surface area (Å²) in [5.74, 6) is 0. The molecule has 0 atom stereocenters. The number of halogens is 3. The molecule has 0 radical (unpaired) electrons. The van der Waals surface area contributed by atoms with Crippen LogP contribution in [0.15, 0.2) is 12.1 Å². The normalized spacial score (nSPS) is 15.3. The molecular weight excluding hydrogens is 313 g/mol. The lowest BCUT2D eigenvalue weighted by Gasteiger charge is -2.15. The Morgan fingerprint density at radius 3 is 2.32 bits per heavy atom. The topological polar surface area (TPSA) is 77.2 Å². The van der Waals surface area contributed by atoms with E-state index >= 15 is 0 Å². The van der Waals surface area contributed by atoms with Gasteiger partial charge >= 0.3 is 6.03 Å². The highest BCUT2D eigenvalue weighted by Crippen LogP contribution is 2.32. The fraction of sp³-hybridized carbons (Fsp3) is 0.300. The van der Waals surface area contributed by atoms with Crippen LogP contribution in [0.5, 0.6) is 0 Å². The molecule has 104 valence electrons. The van der Waals surface area contributed by atoms with E-state index in [4.69, 9.17) is 34.8 Å². The number of urea groups is 1. The van der Waals surface area contributed by atoms with Gasteiger partial charge in [-0.2, -0.15) is 0 Å². The van der Waals surface area contributed by atoms with E-state index in [1.54, 1.807) is 0 Å². The lowest BCUT2D eigenvalue weighted by molar-refractivity contribution is 0.240. The summed E-state index contributed by atoms with van der Waals surface area (Å²) >= 11 is 17.7. The average Bonchev–Trinajstić information content (AvgIpc) is 2.80. The second-order valence-corrected chi connectivity index (χ2v) is 5.18. The molecule has 1 aromatic carbocycles. The van der Waals surface area contributed by atoms with Crippen molar-refractivity contribution in [3.8, 4) is 0 Å². The molecule has 2 rings (SSSR count). The summed E-state index contributed by atoms with van der Waals surface area (Å²) in [6.07, 6.45) is 0. The first kappa shape index (κ1) is 14.5. The second-order valence-electron chi connectivity index (χ2n) is 3.93. The van der Waals surface area contributed by atoms with Crippen LogP contribution < -0.4 is 27.0 Å². The fourth-order valence-corrected chi connectivity index (χ4v) is 2.48. The van der Waals surface area contributed by atoms with Crippen LogP contribution in [0, 0.1) is 0 Å². The molecule has 6 nitrogen and oxygen atoms in total. The second kappa shape index (κ2) is 6.49. The number of carbonyl (C=O) groups excluding carboxylic acids is 1. The summed E-state index contributed by atoms with van der Waals surface area (Å²) in [6, 6.07) is 2.71. The third-order valence-electron chi connectivity index (χ3n) is 2.47. The van der Waals surface area contributed by atoms with Gasteiger partial charge in [-0.05, 0) is 12.1 Å². The maximum atomic E-state index is 11.6. The molecule has 2 amide bonds. The van der Waals surface area contributed by atoms with Crippen molar-refractivity contribution < 1.29 is 4.79 Å². The summed E-state index contributed by atoms with van der Waals surface area (Å²) < 4.78 is 0. The molecule has 19 heavy (non-hydrogen) atoms. The predicted molar refractivity (Wildman–Crippen MR) is 76.6 cm³/mol. The number of amides is 2. The molecule has 0 aromatic heterocycles. The van der Waals surface area contributed by atoms with Crippen molar-refractivity contribution in [3.63, 3.8) is 0 Å². The molecule has 0 bridgehead atoms. The van der Waals surface area contributed by atoms with Crippen molar-refractivity contribution >= 4 is 46.5 Å². The number of hydrogen-bond acceptors (Lipinski definition) is 4. The van der Waals surface area contributed by atoms with Crippen LogP contribution in [0.4, 0.5) is 10.5 Å². The minimum Gasteiger partial charge on any atom is -0.331 e. The van der Waals surface area contributed by atoms with Gasteiger partial charge in [0.2, 0.25) is 0 Å². The van der Waals surface area contributed by atoms with Crippen LogP contribution in [-0.2, 0) is 0 Å². The molecule has 9 heteroatoms. The SMILES string of the molecule is O=C(NNc1c(Cl)cc(Cl)cc1Cl)NC1CNNC1. The molecule has 0 aliphatic carbocycles. The van der Waals surface area contributed by atoms with E-state index in [9.17, 15) is 4.79 Å². The highest BCUT2D eigenvalue weighted by atomic mass is 35.5. The Bertz CT molecular complexity index is 455. The molecule has 1 fully saturated rings. The number of benzene rings is 1. The molecule has 1 heterocycles. The van der Waals surface area contributed by atoms with Gasteiger partial charge in [0.15, 0.2) is 0 Å². The van der Waals surface area contributed by atoms with Gasteiger partial charge in [0.25, 0.3) is 0 Å². The Hall–Kier alpha value is -0.920. The first-order valence-corrected chi connectivity index (χ1v) is 6.62. The maximum absolute atomic E-state index is 11.6. The molecule has 0 unspecified atom stereocenters. The third-order valence-corrected chi connectivity index (χ3v) is 3.28. The van der Waals surface area contributed by atoms with Crippen molar-refractivity contribution in [1.29, 1.82) is 0 Å². The number of nitrogens with one attached hydrogen (secondary N) is 5. The van der Waals surface area contributed by atoms with Crippen LogP contribution in [0.1, 0.15) is 0 Å². The monoisotopic (exact) mass is 323 g/mol. The summed E-state index contributed by atoms with van der Waals surface area (Å²) in [5, 5.41) is 3.82. The third kappa shape index (κ3) is 4.02. The zero-order valence-electron chi connectivity index (χ0n) is 9.69. The quantitative estimate of drug-likeness (QED) is 0.549. The number of rotatable bonds is 3. The molecular formula is C10H12Cl3N5O. The Balaban J connectivity index is 1.89. The van der Waals surface area contributed by atoms with E-state index in [2.05, 4.69) is 27.0 Å². The van der Waals surface area contributed by atoms with E-state index in [0.29, 0.717) is 33.8 Å². The molecule has 1 aliphatic rings. The highest BCUT2D eigenvalue weighted by molar-refractivity contribution is 6.41. The molecule has 1 aliphatic heterocycles. The van der Waals surface area contributed by atoms with Crippen molar-refractivity contribution in [3.05, 3.63) is 27.2 Å². The van der Waals surface area contributed by atoms with Gasteiger partial charge in [-0.25, -0.2) is 4.79 Å². The van der Waals surface area contributed by atoms with E-state index < -0.39 is 0 Å². The van der Waals surface area contributed by atoms with Gasteiger partial charge in [-0.3, -0.25) is 21.7 Å². The van der Waals surface area contributed by atoms with Gasteiger partial charge in [0.1, 0.15) is 0 Å². The van der Waals surface area contributed by atoms with Gasteiger partial charge in [-0.15, -0.1) is 0 Å². The van der Waals surface area contributed by atoms with Crippen molar-refractivity contribution in [2.24, 2.45) is 0 Å². The van der Waals surface area contributed by atoms with Crippen LogP contribution in [0.3, 0.4) is 0 Å². The Morgan fingerprint density at radius 1 is 1.16 bits per heavy atom. The zero-order chi connectivity index (χ0) is 13.8. The summed E-state index contributed by atoms with van der Waals surface area (Å²) in [5.41, 5.74) is 11.3. The lowest BCUT2D eigenvalue weighted by atomic mass is 10.3. The maximum Gasteiger partial charge on any atom is 0.333 e. The zero-order valence-corrected chi connectivity index (χ0v) is 12.0. The van der Waals surface area contributed by atoms with E-state index in [-0.39, 0.29) is 12.1 Å². The number of carbonyl (C=O) groups is 1. The van der Waals surface area contributed by atoms with Crippen LogP contribution in [0.25, 0.3) is 0 Å². The number of hydrogen-bond donors (Lipinski definition) is 5. The van der Waals surface area contributed by atoms with Crippen LogP contribution in [-0.4, -0.2) is 25.2 Å². The van der Waals surface area contributed by atoms with Crippen molar-refractivity contribution in [1.82, 2.24) is 21.6 Å². The smallest absolute Gasteiger partial charge is 0.331 e. The summed E-state index contributed by atoms with van der Waals surface area (Å²) in [7, 11) is 0. The van der Waals surface area contributed by atoms with Gasteiger partial charge in [0, 0.05) is 18.1 Å². The minimum absolute atomic E-state index is 0.0259. The Kier molecular flexibility index (Phi) is 4.95. The first-order chi connectivity index (χ1) is 9.06. The molecule has 1 saturated heterocycles. The van der Waals surface area contributed by atoms with E-state index in [1.165, 1.54) is 12.1 Å². The molecule has 1 aromatic rings. The van der Waals surface area contributed by atoms with Crippen LogP contribution >= 0.6 is 34.8 Å². The fourth-order valence-electron chi connectivity index (χ4n) is 1.57. The van der Waals surface area contributed by atoms with Gasteiger partial charge in [0.05, 0.1) is 21.8 Å². The molecule has 0 spiro atoms. The van der Waals surface area contributed by atoms with Crippen molar-refractivity contribution in [2.45, 2.75) is 6.04 Å². The number of hydrazine groups is 2. The number of anilines is 1. The Morgan fingerprint density at radius 2 is 1.74 bits per heavy atom. The van der Waals surface area contributed by atoms with Gasteiger partial charge < -0.3 is 5.32 Å². The molecule has 0 saturated carbocycles. The standard InChI is InChI=1S/C10H12Cl3N5O/c11-5-1-7(12)9(8(13)2-5)17-18-10(19)16-6-3-14-15-4-6/h1-2,6,14-15,17H,3-4H2,(H2,16,18,19). The highest BCUT2D eigenvalue weighted by Gasteiger charge is 2.16. The minimum atomic E-state index is -0.377. The Labute approximate surface area is 125 Å². The van der Waals surface area contributed by atoms with E-state index in [0.717, 1.165) is 0 Å². The van der Waals surface area contributed by atoms with E-state index in [1.807, 2.05) is 0 Å². The van der Waals surface area contributed by atoms with Gasteiger partial charge in [-0.1, -0.05) is 34.8 Å². The van der Waals surface area contributed by atoms with Crippen molar-refractivity contribution in [2.75, 3.05) is 18.5 Å².